The van der Waals surface area contributed by atoms with Gasteiger partial charge in [0.2, 0.25) is 5.91 Å². The van der Waals surface area contributed by atoms with Crippen LogP contribution in [0, 0.1) is 11.8 Å². The first-order valence-corrected chi connectivity index (χ1v) is 4.83. The molecule has 2 nitrogen and oxygen atoms in total. The van der Waals surface area contributed by atoms with Crippen molar-refractivity contribution in [1.82, 2.24) is 5.32 Å². The Morgan fingerprint density at radius 2 is 2.00 bits per heavy atom. The Bertz CT molecular complexity index is 173. The zero-order chi connectivity index (χ0) is 7.84. The van der Waals surface area contributed by atoms with Gasteiger partial charge in [-0.05, 0) is 31.1 Å². The standard InChI is InChI=1S/C8H13NOS/c10-8(4-11)9-7-2-5-1-6(5)3-7/h5-7,11H,1-4H2,(H,9,10). The summed E-state index contributed by atoms with van der Waals surface area (Å²) in [5.74, 6) is 2.30. The van der Waals surface area contributed by atoms with Crippen LogP contribution in [-0.4, -0.2) is 17.7 Å². The van der Waals surface area contributed by atoms with Crippen molar-refractivity contribution in [2.24, 2.45) is 11.8 Å². The minimum absolute atomic E-state index is 0.0830. The van der Waals surface area contributed by atoms with Crippen LogP contribution in [0.15, 0.2) is 0 Å². The molecule has 2 aliphatic carbocycles. The van der Waals surface area contributed by atoms with Crippen molar-refractivity contribution in [3.8, 4) is 0 Å². The van der Waals surface area contributed by atoms with Gasteiger partial charge in [0.1, 0.15) is 0 Å². The summed E-state index contributed by atoms with van der Waals surface area (Å²) >= 11 is 3.91. The average Bonchev–Trinajstić information content (AvgIpc) is 2.60. The van der Waals surface area contributed by atoms with Crippen molar-refractivity contribution in [1.29, 1.82) is 0 Å². The lowest BCUT2D eigenvalue weighted by molar-refractivity contribution is -0.119. The van der Waals surface area contributed by atoms with E-state index in [0.717, 1.165) is 11.8 Å². The number of carbonyl (C=O) groups is 1. The average molecular weight is 171 g/mol. The molecular weight excluding hydrogens is 158 g/mol. The first-order valence-electron chi connectivity index (χ1n) is 4.20. The van der Waals surface area contributed by atoms with E-state index >= 15 is 0 Å². The summed E-state index contributed by atoms with van der Waals surface area (Å²) in [5.41, 5.74) is 0. The van der Waals surface area contributed by atoms with Gasteiger partial charge in [-0.3, -0.25) is 4.79 Å². The number of fused-ring (bicyclic) bond motifs is 1. The van der Waals surface area contributed by atoms with Gasteiger partial charge in [-0.2, -0.15) is 12.6 Å². The predicted molar refractivity (Wildman–Crippen MR) is 46.6 cm³/mol. The normalized spacial score (nSPS) is 39.9. The molecule has 2 aliphatic rings. The number of hydrogen-bond donors (Lipinski definition) is 2. The molecule has 2 saturated carbocycles. The predicted octanol–water partition coefficient (Wildman–Crippen LogP) is 0.831. The van der Waals surface area contributed by atoms with Gasteiger partial charge in [0, 0.05) is 6.04 Å². The molecule has 1 N–H and O–H groups in total. The van der Waals surface area contributed by atoms with Crippen molar-refractivity contribution in [2.45, 2.75) is 25.3 Å². The molecule has 62 valence electrons. The molecular formula is C8H13NOS. The van der Waals surface area contributed by atoms with E-state index in [2.05, 4.69) is 17.9 Å². The minimum Gasteiger partial charge on any atom is -0.353 e. The number of carbonyl (C=O) groups excluding carboxylic acids is 1. The molecule has 0 aromatic heterocycles. The molecule has 0 aromatic rings. The molecule has 0 aliphatic heterocycles. The Hall–Kier alpha value is -0.180. The van der Waals surface area contributed by atoms with Gasteiger partial charge < -0.3 is 5.32 Å². The maximum atomic E-state index is 10.9. The SMILES string of the molecule is O=C(CS)NC1CC2CC2C1. The summed E-state index contributed by atoms with van der Waals surface area (Å²) in [5, 5.41) is 2.97. The smallest absolute Gasteiger partial charge is 0.229 e. The van der Waals surface area contributed by atoms with Crippen LogP contribution in [-0.2, 0) is 4.79 Å². The quantitative estimate of drug-likeness (QED) is 0.592. The van der Waals surface area contributed by atoms with Crippen LogP contribution in [0.4, 0.5) is 0 Å². The van der Waals surface area contributed by atoms with E-state index in [1.807, 2.05) is 0 Å². The monoisotopic (exact) mass is 171 g/mol. The number of hydrogen-bond acceptors (Lipinski definition) is 2. The fourth-order valence-corrected chi connectivity index (χ4v) is 2.20. The summed E-state index contributed by atoms with van der Waals surface area (Å²) in [6.45, 7) is 0. The van der Waals surface area contributed by atoms with E-state index in [-0.39, 0.29) is 5.91 Å². The molecule has 0 heterocycles. The Morgan fingerprint density at radius 1 is 1.36 bits per heavy atom. The van der Waals surface area contributed by atoms with Gasteiger partial charge in [-0.1, -0.05) is 0 Å². The highest BCUT2D eigenvalue weighted by molar-refractivity contribution is 7.81. The van der Waals surface area contributed by atoms with Crippen molar-refractivity contribution in [2.75, 3.05) is 5.75 Å². The van der Waals surface area contributed by atoms with E-state index < -0.39 is 0 Å². The third-order valence-corrected chi connectivity index (χ3v) is 3.04. The molecule has 0 bridgehead atoms. The van der Waals surface area contributed by atoms with Crippen molar-refractivity contribution in [3.05, 3.63) is 0 Å². The second kappa shape index (κ2) is 2.70. The van der Waals surface area contributed by atoms with Crippen LogP contribution >= 0.6 is 12.6 Å². The van der Waals surface area contributed by atoms with E-state index in [4.69, 9.17) is 0 Å². The second-order valence-corrected chi connectivity index (χ2v) is 3.97. The summed E-state index contributed by atoms with van der Waals surface area (Å²) in [7, 11) is 0. The highest BCUT2D eigenvalue weighted by Gasteiger charge is 2.45. The minimum atomic E-state index is 0.0830. The van der Waals surface area contributed by atoms with Gasteiger partial charge in [0.15, 0.2) is 0 Å². The van der Waals surface area contributed by atoms with Crippen molar-refractivity contribution < 1.29 is 4.79 Å². The zero-order valence-electron chi connectivity index (χ0n) is 6.42. The lowest BCUT2D eigenvalue weighted by Crippen LogP contribution is -2.34. The maximum absolute atomic E-state index is 10.9. The van der Waals surface area contributed by atoms with E-state index in [9.17, 15) is 4.79 Å². The largest absolute Gasteiger partial charge is 0.353 e. The summed E-state index contributed by atoms with van der Waals surface area (Å²) < 4.78 is 0. The summed E-state index contributed by atoms with van der Waals surface area (Å²) in [6.07, 6.45) is 3.83. The first-order chi connectivity index (χ1) is 5.29. The van der Waals surface area contributed by atoms with E-state index in [0.29, 0.717) is 11.8 Å². The maximum Gasteiger partial charge on any atom is 0.229 e. The molecule has 2 unspecified atom stereocenters. The third kappa shape index (κ3) is 1.53. The van der Waals surface area contributed by atoms with Crippen LogP contribution < -0.4 is 5.32 Å². The molecule has 2 fully saturated rings. The molecule has 11 heavy (non-hydrogen) atoms. The molecule has 2 rings (SSSR count). The number of rotatable bonds is 2. The van der Waals surface area contributed by atoms with E-state index in [1.54, 1.807) is 0 Å². The Morgan fingerprint density at radius 3 is 2.55 bits per heavy atom. The molecule has 0 saturated heterocycles. The lowest BCUT2D eigenvalue weighted by atomic mass is 10.1. The molecule has 0 spiro atoms. The highest BCUT2D eigenvalue weighted by atomic mass is 32.1. The second-order valence-electron chi connectivity index (χ2n) is 3.65. The number of nitrogens with one attached hydrogen (secondary N) is 1. The first kappa shape index (κ1) is 7.47. The van der Waals surface area contributed by atoms with Crippen LogP contribution in [0.5, 0.6) is 0 Å². The lowest BCUT2D eigenvalue weighted by Gasteiger charge is -2.12. The van der Waals surface area contributed by atoms with Gasteiger partial charge in [-0.25, -0.2) is 0 Å². The Labute approximate surface area is 72.1 Å². The zero-order valence-corrected chi connectivity index (χ0v) is 7.31. The fourth-order valence-electron chi connectivity index (χ4n) is 2.11. The molecule has 0 aromatic carbocycles. The van der Waals surface area contributed by atoms with Crippen LogP contribution in [0.25, 0.3) is 0 Å². The molecule has 3 heteroatoms. The third-order valence-electron chi connectivity index (χ3n) is 2.75. The van der Waals surface area contributed by atoms with Gasteiger partial charge in [0.25, 0.3) is 0 Å². The molecule has 2 atom stereocenters. The molecule has 0 radical (unpaired) electrons. The molecule has 1 amide bonds. The Balaban J connectivity index is 1.75. The van der Waals surface area contributed by atoms with Gasteiger partial charge >= 0.3 is 0 Å². The van der Waals surface area contributed by atoms with Gasteiger partial charge in [-0.15, -0.1) is 0 Å². The van der Waals surface area contributed by atoms with Crippen LogP contribution in [0.1, 0.15) is 19.3 Å². The summed E-state index contributed by atoms with van der Waals surface area (Å²) in [6, 6.07) is 0.471. The van der Waals surface area contributed by atoms with Crippen LogP contribution in [0.3, 0.4) is 0 Å². The van der Waals surface area contributed by atoms with Crippen molar-refractivity contribution in [3.63, 3.8) is 0 Å². The van der Waals surface area contributed by atoms with Crippen molar-refractivity contribution >= 4 is 18.5 Å². The highest BCUT2D eigenvalue weighted by Crippen LogP contribution is 2.51. The topological polar surface area (TPSA) is 29.1 Å². The fraction of sp³-hybridized carbons (Fsp3) is 0.875. The Kier molecular flexibility index (Phi) is 1.83. The summed E-state index contributed by atoms with van der Waals surface area (Å²) in [4.78, 5) is 10.9. The van der Waals surface area contributed by atoms with Gasteiger partial charge in [0.05, 0.1) is 5.75 Å². The van der Waals surface area contributed by atoms with E-state index in [1.165, 1.54) is 19.3 Å². The number of amides is 1. The number of thiol groups is 1. The van der Waals surface area contributed by atoms with Crippen LogP contribution in [0.2, 0.25) is 0 Å².